The van der Waals surface area contributed by atoms with Gasteiger partial charge in [-0.1, -0.05) is 602 Å². The summed E-state index contributed by atoms with van der Waals surface area (Å²) in [5.74, 6) is -2.17. The Hall–Kier alpha value is -3.93. The molecule has 0 spiro atoms. The van der Waals surface area contributed by atoms with E-state index in [1.807, 2.05) is 24.3 Å². The van der Waals surface area contributed by atoms with Crippen LogP contribution in [0.25, 0.3) is 0 Å². The van der Waals surface area contributed by atoms with Crippen molar-refractivity contribution in [2.45, 2.75) is 706 Å². The maximum atomic E-state index is 15.1. The fourth-order valence-electron chi connectivity index (χ4n) is 23.1. The lowest BCUT2D eigenvalue weighted by Gasteiger charge is -2.47. The average Bonchev–Trinajstić information content (AvgIpc) is 0.769. The van der Waals surface area contributed by atoms with E-state index in [9.17, 15) is 29.7 Å². The summed E-state index contributed by atoms with van der Waals surface area (Å²) in [6.07, 6.45) is 90.9. The summed E-state index contributed by atoms with van der Waals surface area (Å²) >= 11 is 0. The summed E-state index contributed by atoms with van der Waals surface area (Å²) in [6.45, 7) is 34.2. The van der Waals surface area contributed by atoms with Crippen LogP contribution in [-0.2, 0) is 61.9 Å². The van der Waals surface area contributed by atoms with Crippen molar-refractivity contribution < 1.29 is 77.2 Å². The van der Waals surface area contributed by atoms with Crippen molar-refractivity contribution >= 4 is 29.8 Å². The minimum Gasteiger partial charge on any atom is -0.459 e. The van der Waals surface area contributed by atoms with Gasteiger partial charge < -0.3 is 53.2 Å². The SMILES string of the molecule is CCCCCCCCCCCCCCCCCC[C@H](C)C[C@H](C)/C=C(\C)C(=O)OCC1O[C@H](O[C@H]2OC(CO)[C@@H](OC(=O)/C(C)=C/[C@@H](C)C[C@@H](C)CCCCCCCCCCCCCCCCCC)C(O)[C@@H]2OC(=O)/C(C)=C/[C@@H](C)C[C@@H](C)CCCCCCCCCCCCCCCC)[C@H](OC(=O)CCCCCCCCCCCCCCC)C(OC(=O)/C(C)=C/[C@@H](C)C[C@@H](C)CCCCCCCCCCCCCCCC)[C@@H]1O. The highest BCUT2D eigenvalue weighted by molar-refractivity contribution is 5.89. The summed E-state index contributed by atoms with van der Waals surface area (Å²) in [5, 5.41) is 37.5. The lowest BCUT2D eigenvalue weighted by Crippen LogP contribution is -2.66. The number of carbonyl (C=O) groups is 5. The van der Waals surface area contributed by atoms with Gasteiger partial charge in [0.25, 0.3) is 0 Å². The number of esters is 5. The molecular weight excluding hydrogens is 1840 g/mol. The van der Waals surface area contributed by atoms with Gasteiger partial charge in [0.1, 0.15) is 31.0 Å². The topological polar surface area (TPSA) is 220 Å². The van der Waals surface area contributed by atoms with E-state index in [1.165, 1.54) is 411 Å². The minimum atomic E-state index is -1.92. The van der Waals surface area contributed by atoms with Crippen molar-refractivity contribution in [1.29, 1.82) is 0 Å². The molecule has 4 unspecified atom stereocenters. The Morgan fingerprint density at radius 3 is 0.709 bits per heavy atom. The number of allylic oxidation sites excluding steroid dienone is 4. The molecule has 0 bridgehead atoms. The molecule has 0 aromatic heterocycles. The molecule has 2 rings (SSSR count). The van der Waals surface area contributed by atoms with Gasteiger partial charge in [0.15, 0.2) is 24.4 Å². The number of unbranched alkanes of at least 4 members (excludes halogenated alkanes) is 68. The predicted molar refractivity (Wildman–Crippen MR) is 623 cm³/mol. The molecule has 2 aliphatic heterocycles. The molecule has 0 saturated carbocycles. The molecular formula is C132H244O16. The molecule has 3 N–H and O–H groups in total. The Bertz CT molecular complexity index is 3230. The first-order chi connectivity index (χ1) is 71.7. The third-order valence-corrected chi connectivity index (χ3v) is 32.3. The second-order valence-corrected chi connectivity index (χ2v) is 48.2. The molecule has 2 heterocycles. The molecule has 16 heteroatoms. The standard InChI is InChI=1S/C132H244O16/c1-18-23-28-33-38-43-48-53-57-59-64-68-73-76-81-86-91-106(6)96-110(10)100-114(14)127(137)141-105-119-121(135)124(146-129(139)116(16)102-112(12)98-108(8)93-88-83-77-71-66-62-55-50-45-40-35-30-25-20-3)126(144-120(134)95-90-85-80-75-70-61-52-47-42-37-32-27-22-5)132(143-119)148-131-125(147-130(140)117(17)103-113(13)99-109(9)94-89-84-78-72-67-63-56-51-46-41-36-31-26-21-4)122(136)123(118(104-133)142-131)145-128(138)115(15)101-111(11)97-107(7)92-87-82-79-74-69-65-60-58-54-49-44-39-34-29-24-19-2/h100-103,106-113,118-119,121-126,131-133,135-136H,18-99,104-105H2,1-17H3/b114-100+,115-101+,116-102+,117-103+/t106-,107-,108-,109-,110-,111-,112-,113-,118?,119?,121+,122?,123+,124?,125-,126+,131+,132+/m0/s1. The van der Waals surface area contributed by atoms with E-state index >= 15 is 9.59 Å². The van der Waals surface area contributed by atoms with Crippen LogP contribution in [0.1, 0.15) is 644 Å². The Balaban J connectivity index is 2.69. The highest BCUT2D eigenvalue weighted by atomic mass is 16.8. The van der Waals surface area contributed by atoms with Crippen LogP contribution in [0.15, 0.2) is 46.6 Å². The van der Waals surface area contributed by atoms with Gasteiger partial charge in [-0.05, 0) is 107 Å². The van der Waals surface area contributed by atoms with E-state index in [0.717, 1.165) is 103 Å². The first kappa shape index (κ1) is 140. The Morgan fingerprint density at radius 1 is 0.250 bits per heavy atom. The Kier molecular flexibility index (Phi) is 91.3. The summed E-state index contributed by atoms with van der Waals surface area (Å²) in [6, 6.07) is 0. The molecule has 0 amide bonds. The van der Waals surface area contributed by atoms with Crippen LogP contribution in [-0.4, -0.2) is 120 Å². The smallest absolute Gasteiger partial charge is 0.333 e. The quantitative estimate of drug-likeness (QED) is 0.0223. The molecule has 868 valence electrons. The van der Waals surface area contributed by atoms with Crippen molar-refractivity contribution in [2.75, 3.05) is 13.2 Å². The van der Waals surface area contributed by atoms with Gasteiger partial charge >= 0.3 is 29.8 Å². The van der Waals surface area contributed by atoms with Gasteiger partial charge in [-0.3, -0.25) is 4.79 Å². The first-order valence-electron chi connectivity index (χ1n) is 64.4. The van der Waals surface area contributed by atoms with Crippen molar-refractivity contribution in [2.24, 2.45) is 47.3 Å². The van der Waals surface area contributed by atoms with Crippen molar-refractivity contribution in [3.8, 4) is 0 Å². The monoisotopic (exact) mass is 2090 g/mol. The van der Waals surface area contributed by atoms with Crippen LogP contribution in [0.2, 0.25) is 0 Å². The minimum absolute atomic E-state index is 0.00157. The summed E-state index contributed by atoms with van der Waals surface area (Å²) in [4.78, 5) is 74.1. The van der Waals surface area contributed by atoms with Crippen LogP contribution in [0.3, 0.4) is 0 Å². The highest BCUT2D eigenvalue weighted by Crippen LogP contribution is 2.37. The summed E-state index contributed by atoms with van der Waals surface area (Å²) in [7, 11) is 0. The maximum Gasteiger partial charge on any atom is 0.333 e. The van der Waals surface area contributed by atoms with E-state index in [1.54, 1.807) is 27.7 Å². The zero-order valence-corrected chi connectivity index (χ0v) is 100. The third-order valence-electron chi connectivity index (χ3n) is 32.3. The number of rotatable bonds is 103. The van der Waals surface area contributed by atoms with Crippen molar-refractivity contribution in [3.63, 3.8) is 0 Å². The largest absolute Gasteiger partial charge is 0.459 e. The molecule has 16 nitrogen and oxygen atoms in total. The predicted octanol–water partition coefficient (Wildman–Crippen LogP) is 38.3. The second-order valence-electron chi connectivity index (χ2n) is 48.2. The fraction of sp³-hybridized carbons (Fsp3) is 0.902. The molecule has 2 saturated heterocycles. The van der Waals surface area contributed by atoms with Crippen LogP contribution >= 0.6 is 0 Å². The van der Waals surface area contributed by atoms with Gasteiger partial charge in [-0.2, -0.15) is 0 Å². The van der Waals surface area contributed by atoms with E-state index < -0.39 is 104 Å². The van der Waals surface area contributed by atoms with Crippen molar-refractivity contribution in [1.82, 2.24) is 0 Å². The number of ether oxygens (including phenoxy) is 8. The molecule has 0 aromatic rings. The van der Waals surface area contributed by atoms with Crippen LogP contribution in [0.4, 0.5) is 0 Å². The van der Waals surface area contributed by atoms with Crippen molar-refractivity contribution in [3.05, 3.63) is 46.6 Å². The number of carbonyl (C=O) groups excluding carboxylic acids is 5. The summed E-state index contributed by atoms with van der Waals surface area (Å²) in [5.41, 5.74) is 1.18. The Labute approximate surface area is 914 Å². The Morgan fingerprint density at radius 2 is 0.459 bits per heavy atom. The molecule has 2 fully saturated rings. The number of hydrogen-bond acceptors (Lipinski definition) is 16. The lowest BCUT2D eigenvalue weighted by molar-refractivity contribution is -0.377. The summed E-state index contributed by atoms with van der Waals surface area (Å²) < 4.78 is 52.3. The number of hydrogen-bond donors (Lipinski definition) is 3. The van der Waals surface area contributed by atoms with E-state index in [0.29, 0.717) is 41.2 Å². The molecule has 2 aliphatic rings. The molecule has 0 radical (unpaired) electrons. The average molecular weight is 2090 g/mol. The van der Waals surface area contributed by atoms with Gasteiger partial charge in [-0.15, -0.1) is 0 Å². The van der Waals surface area contributed by atoms with Gasteiger partial charge in [0.05, 0.1) is 6.61 Å². The van der Waals surface area contributed by atoms with E-state index in [2.05, 4.69) is 90.0 Å². The van der Waals surface area contributed by atoms with Gasteiger partial charge in [0, 0.05) is 28.7 Å². The molecule has 18 atom stereocenters. The first-order valence-corrected chi connectivity index (χ1v) is 64.4. The molecule has 0 aromatic carbocycles. The van der Waals surface area contributed by atoms with Crippen LogP contribution in [0, 0.1) is 47.3 Å². The van der Waals surface area contributed by atoms with Crippen LogP contribution < -0.4 is 0 Å². The second kappa shape index (κ2) is 96.4. The number of aliphatic hydroxyl groups excluding tert-OH is 3. The zero-order chi connectivity index (χ0) is 108. The zero-order valence-electron chi connectivity index (χ0n) is 100. The normalized spacial score (nSPS) is 20.2. The lowest BCUT2D eigenvalue weighted by atomic mass is 9.91. The molecule has 148 heavy (non-hydrogen) atoms. The van der Waals surface area contributed by atoms with E-state index in [-0.39, 0.29) is 41.2 Å². The maximum absolute atomic E-state index is 15.1. The number of aliphatic hydroxyl groups is 3. The third kappa shape index (κ3) is 75.1. The molecule has 0 aliphatic carbocycles. The van der Waals surface area contributed by atoms with Crippen LogP contribution in [0.5, 0.6) is 0 Å². The fourth-order valence-corrected chi connectivity index (χ4v) is 23.1. The van der Waals surface area contributed by atoms with E-state index in [4.69, 9.17) is 37.9 Å². The van der Waals surface area contributed by atoms with Gasteiger partial charge in [0.2, 0.25) is 12.6 Å². The van der Waals surface area contributed by atoms with Gasteiger partial charge in [-0.25, -0.2) is 19.2 Å². The highest BCUT2D eigenvalue weighted by Gasteiger charge is 2.56.